The summed E-state index contributed by atoms with van der Waals surface area (Å²) in [6.45, 7) is 11.1. The maximum atomic E-state index is 12.4. The second kappa shape index (κ2) is 9.95. The van der Waals surface area contributed by atoms with Gasteiger partial charge in [-0.3, -0.25) is 9.69 Å². The van der Waals surface area contributed by atoms with Crippen LogP contribution in [0, 0.1) is 37.0 Å². The summed E-state index contributed by atoms with van der Waals surface area (Å²) >= 11 is 1.69. The molecule has 7 rings (SSSR count). The van der Waals surface area contributed by atoms with Gasteiger partial charge in [0.15, 0.2) is 5.13 Å². The third kappa shape index (κ3) is 4.47. The zero-order valence-electron chi connectivity index (χ0n) is 24.3. The minimum atomic E-state index is -0.0950. The number of rotatable bonds is 8. The number of benzene rings is 2. The summed E-state index contributed by atoms with van der Waals surface area (Å²) in [4.78, 5) is 35.5. The molecule has 1 aromatic heterocycles. The molecule has 4 aliphatic rings. The van der Waals surface area contributed by atoms with Crippen LogP contribution in [-0.4, -0.2) is 66.2 Å². The van der Waals surface area contributed by atoms with Crippen molar-refractivity contribution in [1.29, 1.82) is 0 Å². The maximum Gasteiger partial charge on any atom is 0.239 e. The number of anilines is 1. The van der Waals surface area contributed by atoms with Crippen LogP contribution >= 0.6 is 11.3 Å². The number of amides is 1. The van der Waals surface area contributed by atoms with Crippen LogP contribution in [-0.2, 0) is 22.7 Å². The average Bonchev–Trinajstić information content (AvgIpc) is 3.23. The number of nitrogens with zero attached hydrogens (tertiary/aromatic N) is 4. The molecule has 2 aliphatic heterocycles. The Bertz CT molecular complexity index is 1520. The number of hydrogen-bond acceptors (Lipinski definition) is 7. The Balaban J connectivity index is 1.04. The summed E-state index contributed by atoms with van der Waals surface area (Å²) < 4.78 is 6.43. The molecule has 2 saturated carbocycles. The largest absolute Gasteiger partial charge is 0.488 e. The first-order valence-corrected chi connectivity index (χ1v) is 15.6. The Morgan fingerprint density at radius 3 is 2.80 bits per heavy atom. The van der Waals surface area contributed by atoms with Crippen LogP contribution in [0.1, 0.15) is 35.6 Å². The van der Waals surface area contributed by atoms with Gasteiger partial charge in [-0.05, 0) is 73.3 Å². The van der Waals surface area contributed by atoms with Crippen molar-refractivity contribution >= 4 is 28.7 Å². The van der Waals surface area contributed by atoms with E-state index >= 15 is 0 Å². The van der Waals surface area contributed by atoms with E-state index in [-0.39, 0.29) is 17.9 Å². The molecule has 5 unspecified atom stereocenters. The number of carbonyl (C=O) groups excluding carboxylic acids is 2. The normalized spacial score (nSPS) is 28.7. The standard InChI is InChI=1S/C33H38N4O3S/c1-20-5-8-30(40-17-24-7-6-23(12-21(24)2)14-36-10-9-35(4)31(39)22(36)3)25(11-20)29-18-41-32(34-29)37-15-28-26(16-38)27-13-33(27,28)19-37/h5-8,11-12,16,18,22,26-28H,9-10,13-15,17,19H2,1-4H3. The lowest BCUT2D eigenvalue weighted by molar-refractivity contribution is -0.139. The average molecular weight is 571 g/mol. The fourth-order valence-electron chi connectivity index (χ4n) is 7.62. The number of aryl methyl sites for hydroxylation is 2. The first-order chi connectivity index (χ1) is 19.8. The molecule has 3 aromatic rings. The number of aldehydes is 1. The first-order valence-electron chi connectivity index (χ1n) is 14.7. The molecular formula is C33H38N4O3S. The molecule has 1 amide bonds. The highest BCUT2D eigenvalue weighted by molar-refractivity contribution is 7.14. The molecule has 7 nitrogen and oxygen atoms in total. The van der Waals surface area contributed by atoms with E-state index < -0.39 is 0 Å². The molecule has 41 heavy (non-hydrogen) atoms. The van der Waals surface area contributed by atoms with Crippen molar-refractivity contribution in [3.8, 4) is 17.0 Å². The van der Waals surface area contributed by atoms with Gasteiger partial charge < -0.3 is 19.3 Å². The third-order valence-electron chi connectivity index (χ3n) is 10.3. The Kier molecular flexibility index (Phi) is 6.47. The van der Waals surface area contributed by atoms with E-state index in [0.29, 0.717) is 23.9 Å². The van der Waals surface area contributed by atoms with E-state index in [9.17, 15) is 9.59 Å². The summed E-state index contributed by atoms with van der Waals surface area (Å²) in [7, 11) is 1.88. The number of likely N-dealkylation sites (N-methyl/N-ethyl adjacent to an activating group) is 1. The molecule has 0 bridgehead atoms. The predicted molar refractivity (Wildman–Crippen MR) is 161 cm³/mol. The van der Waals surface area contributed by atoms with Crippen LogP contribution in [0.5, 0.6) is 5.75 Å². The van der Waals surface area contributed by atoms with Crippen molar-refractivity contribution in [1.82, 2.24) is 14.8 Å². The van der Waals surface area contributed by atoms with Crippen molar-refractivity contribution in [2.75, 3.05) is 38.1 Å². The molecule has 5 atom stereocenters. The minimum Gasteiger partial charge on any atom is -0.488 e. The van der Waals surface area contributed by atoms with Crippen molar-refractivity contribution in [2.45, 2.75) is 46.4 Å². The van der Waals surface area contributed by atoms with E-state index in [1.54, 1.807) is 11.3 Å². The zero-order valence-corrected chi connectivity index (χ0v) is 25.1. The molecule has 0 N–H and O–H groups in total. The Hall–Kier alpha value is -3.23. The molecule has 4 fully saturated rings. The highest BCUT2D eigenvalue weighted by Gasteiger charge is 2.76. The molecule has 3 heterocycles. The Morgan fingerprint density at radius 2 is 2.00 bits per heavy atom. The number of piperazine rings is 1. The fraction of sp³-hybridized carbons (Fsp3) is 0.485. The quantitative estimate of drug-likeness (QED) is 0.358. The topological polar surface area (TPSA) is 66.0 Å². The number of carbonyl (C=O) groups is 2. The van der Waals surface area contributed by atoms with Crippen molar-refractivity contribution in [3.63, 3.8) is 0 Å². The molecule has 2 aliphatic carbocycles. The molecule has 0 radical (unpaired) electrons. The predicted octanol–water partition coefficient (Wildman–Crippen LogP) is 4.94. The Morgan fingerprint density at radius 1 is 1.15 bits per heavy atom. The number of hydrogen-bond donors (Lipinski definition) is 0. The van der Waals surface area contributed by atoms with Gasteiger partial charge in [-0.15, -0.1) is 11.3 Å². The lowest BCUT2D eigenvalue weighted by Gasteiger charge is -2.37. The second-order valence-corrected chi connectivity index (χ2v) is 13.6. The first kappa shape index (κ1) is 26.7. The molecule has 8 heteroatoms. The highest BCUT2D eigenvalue weighted by atomic mass is 32.1. The SMILES string of the molecule is Cc1ccc(OCc2ccc(CN3CCN(C)C(=O)C3C)cc2C)c(-c2csc(N3CC4C(C=O)C5CC45C3)n2)c1. The van der Waals surface area contributed by atoms with Crippen molar-refractivity contribution < 1.29 is 14.3 Å². The van der Waals surface area contributed by atoms with E-state index in [1.807, 2.05) is 18.9 Å². The van der Waals surface area contributed by atoms with Gasteiger partial charge >= 0.3 is 0 Å². The molecule has 2 saturated heterocycles. The summed E-state index contributed by atoms with van der Waals surface area (Å²) in [6, 6.07) is 12.7. The molecule has 2 aromatic carbocycles. The summed E-state index contributed by atoms with van der Waals surface area (Å²) in [5.41, 5.74) is 7.09. The minimum absolute atomic E-state index is 0.0950. The lowest BCUT2D eigenvalue weighted by Crippen LogP contribution is -2.53. The van der Waals surface area contributed by atoms with E-state index in [1.165, 1.54) is 29.4 Å². The summed E-state index contributed by atoms with van der Waals surface area (Å²) in [6.07, 6.45) is 2.40. The lowest BCUT2D eigenvalue weighted by atomic mass is 9.67. The number of ether oxygens (including phenoxy) is 1. The van der Waals surface area contributed by atoms with Gasteiger partial charge in [0.2, 0.25) is 5.91 Å². The fourth-order valence-corrected chi connectivity index (χ4v) is 8.46. The third-order valence-corrected chi connectivity index (χ3v) is 11.2. The summed E-state index contributed by atoms with van der Waals surface area (Å²) in [5.74, 6) is 2.41. The van der Waals surface area contributed by atoms with Crippen molar-refractivity contribution in [2.24, 2.45) is 23.2 Å². The van der Waals surface area contributed by atoms with Gasteiger partial charge in [0.25, 0.3) is 0 Å². The van der Waals surface area contributed by atoms with Gasteiger partial charge in [0, 0.05) is 56.6 Å². The molecule has 1 spiro atoms. The van der Waals surface area contributed by atoms with E-state index in [2.05, 4.69) is 65.4 Å². The van der Waals surface area contributed by atoms with Gasteiger partial charge in [0.05, 0.1) is 11.7 Å². The van der Waals surface area contributed by atoms with Crippen LogP contribution in [0.4, 0.5) is 5.13 Å². The highest BCUT2D eigenvalue weighted by Crippen LogP contribution is 2.76. The van der Waals surface area contributed by atoms with Crippen LogP contribution < -0.4 is 9.64 Å². The summed E-state index contributed by atoms with van der Waals surface area (Å²) in [5, 5.41) is 3.19. The van der Waals surface area contributed by atoms with Crippen LogP contribution in [0.2, 0.25) is 0 Å². The van der Waals surface area contributed by atoms with E-state index in [4.69, 9.17) is 9.72 Å². The van der Waals surface area contributed by atoms with Crippen LogP contribution in [0.15, 0.2) is 41.8 Å². The Labute approximate surface area is 246 Å². The maximum absolute atomic E-state index is 12.4. The van der Waals surface area contributed by atoms with Gasteiger partial charge in [-0.2, -0.15) is 0 Å². The second-order valence-electron chi connectivity index (χ2n) is 12.7. The van der Waals surface area contributed by atoms with Gasteiger partial charge in [0.1, 0.15) is 18.6 Å². The zero-order chi connectivity index (χ0) is 28.5. The number of thiazole rings is 1. The van der Waals surface area contributed by atoms with Crippen LogP contribution in [0.3, 0.4) is 0 Å². The molecule has 214 valence electrons. The molecular weight excluding hydrogens is 532 g/mol. The smallest absolute Gasteiger partial charge is 0.239 e. The van der Waals surface area contributed by atoms with Crippen molar-refractivity contribution in [3.05, 3.63) is 64.0 Å². The van der Waals surface area contributed by atoms with E-state index in [0.717, 1.165) is 60.4 Å². The monoisotopic (exact) mass is 570 g/mol. The van der Waals surface area contributed by atoms with Gasteiger partial charge in [-0.25, -0.2) is 4.98 Å². The van der Waals surface area contributed by atoms with Crippen LogP contribution in [0.25, 0.3) is 11.3 Å². The number of aromatic nitrogens is 1. The van der Waals surface area contributed by atoms with Gasteiger partial charge in [-0.1, -0.05) is 29.8 Å².